The molecule has 0 radical (unpaired) electrons. The molecule has 1 unspecified atom stereocenters. The third kappa shape index (κ3) is 2.63. The number of hydrogen-bond donors (Lipinski definition) is 1. The number of rotatable bonds is 3. The molecule has 1 atom stereocenters. The van der Waals surface area contributed by atoms with Crippen LogP contribution in [0, 0.1) is 0 Å². The Morgan fingerprint density at radius 1 is 1.35 bits per heavy atom. The zero-order chi connectivity index (χ0) is 12.3. The van der Waals surface area contributed by atoms with Crippen LogP contribution < -0.4 is 10.2 Å². The standard InChI is InChI=1S/C15H24N2/c1-4-13-11-16-9-10-17(13)15-8-6-5-7-14(15)12(2)3/h5-8,12-13,16H,4,9-11H2,1-3H3. The highest BCUT2D eigenvalue weighted by Gasteiger charge is 2.22. The fourth-order valence-corrected chi connectivity index (χ4v) is 2.68. The maximum absolute atomic E-state index is 3.49. The van der Waals surface area contributed by atoms with Crippen molar-refractivity contribution in [3.8, 4) is 0 Å². The van der Waals surface area contributed by atoms with Gasteiger partial charge in [-0.1, -0.05) is 39.0 Å². The minimum atomic E-state index is 0.596. The summed E-state index contributed by atoms with van der Waals surface area (Å²) in [5.74, 6) is 0.596. The van der Waals surface area contributed by atoms with Crippen molar-refractivity contribution in [1.82, 2.24) is 5.32 Å². The Morgan fingerprint density at radius 3 is 2.82 bits per heavy atom. The van der Waals surface area contributed by atoms with Gasteiger partial charge < -0.3 is 10.2 Å². The quantitative estimate of drug-likeness (QED) is 0.862. The Labute approximate surface area is 105 Å². The average Bonchev–Trinajstić information content (AvgIpc) is 2.38. The lowest BCUT2D eigenvalue weighted by atomic mass is 9.98. The average molecular weight is 232 g/mol. The van der Waals surface area contributed by atoms with Crippen molar-refractivity contribution in [2.45, 2.75) is 39.2 Å². The van der Waals surface area contributed by atoms with E-state index in [9.17, 15) is 0 Å². The van der Waals surface area contributed by atoms with Crippen molar-refractivity contribution in [3.05, 3.63) is 29.8 Å². The van der Waals surface area contributed by atoms with E-state index in [1.807, 2.05) is 0 Å². The summed E-state index contributed by atoms with van der Waals surface area (Å²) in [6.45, 7) is 10.2. The molecule has 0 bridgehead atoms. The lowest BCUT2D eigenvalue weighted by Crippen LogP contribution is -2.51. The first kappa shape index (κ1) is 12.4. The Hall–Kier alpha value is -1.02. The second kappa shape index (κ2) is 5.54. The Kier molecular flexibility index (Phi) is 4.06. The van der Waals surface area contributed by atoms with Crippen LogP contribution in [-0.4, -0.2) is 25.7 Å². The summed E-state index contributed by atoms with van der Waals surface area (Å²) in [6.07, 6.45) is 1.21. The van der Waals surface area contributed by atoms with Gasteiger partial charge in [0, 0.05) is 31.4 Å². The first-order valence-corrected chi connectivity index (χ1v) is 6.80. The summed E-state index contributed by atoms with van der Waals surface area (Å²) in [7, 11) is 0. The molecule has 1 aliphatic heterocycles. The van der Waals surface area contributed by atoms with E-state index >= 15 is 0 Å². The fraction of sp³-hybridized carbons (Fsp3) is 0.600. The first-order valence-electron chi connectivity index (χ1n) is 6.80. The topological polar surface area (TPSA) is 15.3 Å². The molecule has 0 spiro atoms. The monoisotopic (exact) mass is 232 g/mol. The Bertz CT molecular complexity index is 360. The largest absolute Gasteiger partial charge is 0.366 e. The van der Waals surface area contributed by atoms with Crippen LogP contribution in [0.1, 0.15) is 38.7 Å². The highest BCUT2D eigenvalue weighted by atomic mass is 15.2. The van der Waals surface area contributed by atoms with E-state index in [2.05, 4.69) is 55.3 Å². The van der Waals surface area contributed by atoms with Crippen molar-refractivity contribution in [1.29, 1.82) is 0 Å². The first-order chi connectivity index (χ1) is 8.24. The van der Waals surface area contributed by atoms with Gasteiger partial charge in [0.05, 0.1) is 0 Å². The summed E-state index contributed by atoms with van der Waals surface area (Å²) < 4.78 is 0. The number of anilines is 1. The third-order valence-corrected chi connectivity index (χ3v) is 3.69. The normalized spacial score (nSPS) is 20.9. The van der Waals surface area contributed by atoms with Crippen molar-refractivity contribution < 1.29 is 0 Å². The van der Waals surface area contributed by atoms with E-state index in [1.165, 1.54) is 17.7 Å². The van der Waals surface area contributed by atoms with E-state index in [1.54, 1.807) is 0 Å². The number of nitrogens with one attached hydrogen (secondary N) is 1. The van der Waals surface area contributed by atoms with Gasteiger partial charge in [0.1, 0.15) is 0 Å². The number of nitrogens with zero attached hydrogens (tertiary/aromatic N) is 1. The second-order valence-corrected chi connectivity index (χ2v) is 5.17. The molecule has 1 fully saturated rings. The number of hydrogen-bond acceptors (Lipinski definition) is 2. The van der Waals surface area contributed by atoms with Crippen molar-refractivity contribution >= 4 is 5.69 Å². The van der Waals surface area contributed by atoms with Gasteiger partial charge >= 0.3 is 0 Å². The number of para-hydroxylation sites is 1. The Balaban J connectivity index is 2.31. The summed E-state index contributed by atoms with van der Waals surface area (Å²) in [6, 6.07) is 9.51. The molecule has 17 heavy (non-hydrogen) atoms. The number of benzene rings is 1. The zero-order valence-corrected chi connectivity index (χ0v) is 11.2. The van der Waals surface area contributed by atoms with Gasteiger partial charge in [-0.25, -0.2) is 0 Å². The molecule has 94 valence electrons. The van der Waals surface area contributed by atoms with Gasteiger partial charge in [0.2, 0.25) is 0 Å². The summed E-state index contributed by atoms with van der Waals surface area (Å²) >= 11 is 0. The predicted molar refractivity (Wildman–Crippen MR) is 74.8 cm³/mol. The molecular weight excluding hydrogens is 208 g/mol. The van der Waals surface area contributed by atoms with E-state index in [0.717, 1.165) is 19.6 Å². The molecule has 0 amide bonds. The minimum absolute atomic E-state index is 0.596. The van der Waals surface area contributed by atoms with Gasteiger partial charge in [0.25, 0.3) is 0 Å². The predicted octanol–water partition coefficient (Wildman–Crippen LogP) is 3.00. The van der Waals surface area contributed by atoms with Gasteiger partial charge in [-0.05, 0) is 24.0 Å². The smallest absolute Gasteiger partial charge is 0.0412 e. The van der Waals surface area contributed by atoms with Crippen LogP contribution in [-0.2, 0) is 0 Å². The van der Waals surface area contributed by atoms with Crippen LogP contribution in [0.3, 0.4) is 0 Å². The van der Waals surface area contributed by atoms with Gasteiger partial charge in [-0.3, -0.25) is 0 Å². The van der Waals surface area contributed by atoms with Crippen molar-refractivity contribution in [3.63, 3.8) is 0 Å². The fourth-order valence-electron chi connectivity index (χ4n) is 2.68. The Morgan fingerprint density at radius 2 is 2.12 bits per heavy atom. The summed E-state index contributed by atoms with van der Waals surface area (Å²) in [5.41, 5.74) is 2.92. The summed E-state index contributed by atoms with van der Waals surface area (Å²) in [4.78, 5) is 2.59. The zero-order valence-electron chi connectivity index (χ0n) is 11.2. The van der Waals surface area contributed by atoms with E-state index < -0.39 is 0 Å². The second-order valence-electron chi connectivity index (χ2n) is 5.17. The summed E-state index contributed by atoms with van der Waals surface area (Å²) in [5, 5.41) is 3.49. The minimum Gasteiger partial charge on any atom is -0.366 e. The molecule has 0 saturated carbocycles. The lowest BCUT2D eigenvalue weighted by Gasteiger charge is -2.39. The SMILES string of the molecule is CCC1CNCCN1c1ccccc1C(C)C. The van der Waals surface area contributed by atoms with Crippen LogP contribution >= 0.6 is 0 Å². The molecule has 1 aromatic carbocycles. The molecule has 0 aliphatic carbocycles. The van der Waals surface area contributed by atoms with Crippen molar-refractivity contribution in [2.24, 2.45) is 0 Å². The van der Waals surface area contributed by atoms with Gasteiger partial charge in [-0.2, -0.15) is 0 Å². The maximum Gasteiger partial charge on any atom is 0.0412 e. The maximum atomic E-state index is 3.49. The molecule has 2 rings (SSSR count). The molecule has 1 aliphatic rings. The molecule has 1 saturated heterocycles. The molecule has 2 heteroatoms. The van der Waals surface area contributed by atoms with Crippen LogP contribution in [0.15, 0.2) is 24.3 Å². The highest BCUT2D eigenvalue weighted by molar-refractivity contribution is 5.56. The highest BCUT2D eigenvalue weighted by Crippen LogP contribution is 2.29. The van der Waals surface area contributed by atoms with Crippen molar-refractivity contribution in [2.75, 3.05) is 24.5 Å². The molecule has 1 aromatic rings. The van der Waals surface area contributed by atoms with Crippen LogP contribution in [0.25, 0.3) is 0 Å². The van der Waals surface area contributed by atoms with Crippen LogP contribution in [0.4, 0.5) is 5.69 Å². The lowest BCUT2D eigenvalue weighted by molar-refractivity contribution is 0.465. The number of piperazine rings is 1. The van der Waals surface area contributed by atoms with Gasteiger partial charge in [-0.15, -0.1) is 0 Å². The van der Waals surface area contributed by atoms with Gasteiger partial charge in [0.15, 0.2) is 0 Å². The van der Waals surface area contributed by atoms with Crippen LogP contribution in [0.2, 0.25) is 0 Å². The molecule has 2 nitrogen and oxygen atoms in total. The molecule has 1 heterocycles. The molecular formula is C15H24N2. The molecule has 0 aromatic heterocycles. The van der Waals surface area contributed by atoms with E-state index in [-0.39, 0.29) is 0 Å². The van der Waals surface area contributed by atoms with Crippen LogP contribution in [0.5, 0.6) is 0 Å². The molecule has 1 N–H and O–H groups in total. The van der Waals surface area contributed by atoms with E-state index in [0.29, 0.717) is 12.0 Å². The van der Waals surface area contributed by atoms with E-state index in [4.69, 9.17) is 0 Å². The third-order valence-electron chi connectivity index (χ3n) is 3.69.